The van der Waals surface area contributed by atoms with Crippen molar-refractivity contribution >= 4 is 6.09 Å². The van der Waals surface area contributed by atoms with Crippen molar-refractivity contribution in [2.45, 2.75) is 38.9 Å². The van der Waals surface area contributed by atoms with Gasteiger partial charge in [-0.05, 0) is 38.5 Å². The molecular weight excluding hydrogens is 258 g/mol. The second-order valence-electron chi connectivity index (χ2n) is 5.59. The minimum atomic E-state index is -0.657. The van der Waals surface area contributed by atoms with E-state index in [1.807, 2.05) is 24.3 Å². The number of alkyl carbamates (subject to hydrolysis) is 1. The zero-order chi connectivity index (χ0) is 15.2. The summed E-state index contributed by atoms with van der Waals surface area (Å²) in [7, 11) is 1.61. The number of carbonyl (C=O) groups is 1. The van der Waals surface area contributed by atoms with Crippen LogP contribution in [-0.2, 0) is 11.2 Å². The third-order valence-corrected chi connectivity index (χ3v) is 2.51. The number of hydrogen-bond donors (Lipinski definition) is 2. The zero-order valence-corrected chi connectivity index (χ0v) is 12.5. The van der Waals surface area contributed by atoms with E-state index in [0.29, 0.717) is 6.42 Å². The summed E-state index contributed by atoms with van der Waals surface area (Å²) in [6.45, 7) is 5.53. The number of ether oxygens (including phenoxy) is 2. The van der Waals surface area contributed by atoms with E-state index < -0.39 is 17.8 Å². The Morgan fingerprint density at radius 3 is 2.40 bits per heavy atom. The van der Waals surface area contributed by atoms with Crippen LogP contribution in [0.15, 0.2) is 24.3 Å². The summed E-state index contributed by atoms with van der Waals surface area (Å²) in [5.41, 5.74) is 0.440. The molecule has 0 radical (unpaired) electrons. The Hall–Kier alpha value is -1.75. The van der Waals surface area contributed by atoms with Crippen molar-refractivity contribution in [1.29, 1.82) is 0 Å². The molecule has 5 heteroatoms. The van der Waals surface area contributed by atoms with E-state index in [-0.39, 0.29) is 6.54 Å². The highest BCUT2D eigenvalue weighted by Crippen LogP contribution is 2.12. The summed E-state index contributed by atoms with van der Waals surface area (Å²) in [4.78, 5) is 11.4. The Balaban J connectivity index is 2.36. The maximum atomic E-state index is 11.4. The topological polar surface area (TPSA) is 67.8 Å². The molecule has 0 aliphatic heterocycles. The predicted octanol–water partition coefficient (Wildman–Crippen LogP) is 2.12. The summed E-state index contributed by atoms with van der Waals surface area (Å²) >= 11 is 0. The number of benzene rings is 1. The van der Waals surface area contributed by atoms with Gasteiger partial charge < -0.3 is 19.9 Å². The number of aliphatic hydroxyl groups is 1. The van der Waals surface area contributed by atoms with Crippen molar-refractivity contribution in [3.8, 4) is 5.75 Å². The van der Waals surface area contributed by atoms with Crippen molar-refractivity contribution < 1.29 is 19.4 Å². The molecule has 1 atom stereocenters. The molecular formula is C15H23NO4. The van der Waals surface area contributed by atoms with Crippen molar-refractivity contribution in [2.24, 2.45) is 0 Å². The quantitative estimate of drug-likeness (QED) is 0.867. The van der Waals surface area contributed by atoms with Gasteiger partial charge in [0.1, 0.15) is 11.4 Å². The standard InChI is InChI=1S/C15H23NO4/c1-15(2,3)20-14(18)16-10-12(17)9-11-5-7-13(19-4)8-6-11/h5-8,12,17H,9-10H2,1-4H3,(H,16,18)/t12-/m1/s1. The van der Waals surface area contributed by atoms with Gasteiger partial charge in [-0.25, -0.2) is 4.79 Å². The van der Waals surface area contributed by atoms with Gasteiger partial charge in [-0.15, -0.1) is 0 Å². The summed E-state index contributed by atoms with van der Waals surface area (Å²) in [6.07, 6.45) is -0.720. The van der Waals surface area contributed by atoms with E-state index >= 15 is 0 Å². The van der Waals surface area contributed by atoms with Crippen LogP contribution in [-0.4, -0.2) is 36.6 Å². The third-order valence-electron chi connectivity index (χ3n) is 2.51. The van der Waals surface area contributed by atoms with Crippen molar-refractivity contribution in [3.05, 3.63) is 29.8 Å². The number of rotatable bonds is 5. The Kier molecular flexibility index (Phi) is 5.82. The average molecular weight is 281 g/mol. The second kappa shape index (κ2) is 7.14. The highest BCUT2D eigenvalue weighted by Gasteiger charge is 2.16. The van der Waals surface area contributed by atoms with Gasteiger partial charge >= 0.3 is 6.09 Å². The van der Waals surface area contributed by atoms with Gasteiger partial charge in [-0.2, -0.15) is 0 Å². The SMILES string of the molecule is COc1ccc(C[C@@H](O)CNC(=O)OC(C)(C)C)cc1. The fourth-order valence-electron chi connectivity index (χ4n) is 1.62. The molecule has 0 saturated carbocycles. The molecule has 5 nitrogen and oxygen atoms in total. The Morgan fingerprint density at radius 1 is 1.30 bits per heavy atom. The molecule has 0 fully saturated rings. The molecule has 0 spiro atoms. The van der Waals surface area contributed by atoms with Crippen LogP contribution in [0.4, 0.5) is 4.79 Å². The number of methoxy groups -OCH3 is 1. The number of hydrogen-bond acceptors (Lipinski definition) is 4. The third kappa shape index (κ3) is 6.43. The van der Waals surface area contributed by atoms with Crippen molar-refractivity contribution in [1.82, 2.24) is 5.32 Å². The maximum absolute atomic E-state index is 11.4. The number of nitrogens with one attached hydrogen (secondary N) is 1. The second-order valence-corrected chi connectivity index (χ2v) is 5.59. The molecule has 1 aromatic carbocycles. The van der Waals surface area contributed by atoms with Gasteiger partial charge in [0.2, 0.25) is 0 Å². The van der Waals surface area contributed by atoms with Crippen LogP contribution >= 0.6 is 0 Å². The van der Waals surface area contributed by atoms with Crippen LogP contribution in [0.3, 0.4) is 0 Å². The summed E-state index contributed by atoms with van der Waals surface area (Å²) < 4.78 is 10.2. The van der Waals surface area contributed by atoms with Gasteiger partial charge in [0.15, 0.2) is 0 Å². The van der Waals surface area contributed by atoms with Crippen LogP contribution in [0.5, 0.6) is 5.75 Å². The molecule has 112 valence electrons. The van der Waals surface area contributed by atoms with E-state index in [0.717, 1.165) is 11.3 Å². The van der Waals surface area contributed by atoms with E-state index in [1.165, 1.54) is 0 Å². The molecule has 1 rings (SSSR count). The van der Waals surface area contributed by atoms with E-state index in [4.69, 9.17) is 9.47 Å². The van der Waals surface area contributed by atoms with E-state index in [9.17, 15) is 9.90 Å². The summed E-state index contributed by atoms with van der Waals surface area (Å²) in [5, 5.41) is 12.4. The van der Waals surface area contributed by atoms with Gasteiger partial charge in [-0.3, -0.25) is 0 Å². The zero-order valence-electron chi connectivity index (χ0n) is 12.5. The molecule has 0 saturated heterocycles. The lowest BCUT2D eigenvalue weighted by molar-refractivity contribution is 0.0492. The normalized spacial score (nSPS) is 12.7. The first kappa shape index (κ1) is 16.3. The number of carbonyl (C=O) groups excluding carboxylic acids is 1. The van der Waals surface area contributed by atoms with E-state index in [1.54, 1.807) is 27.9 Å². The van der Waals surface area contributed by atoms with E-state index in [2.05, 4.69) is 5.32 Å². The smallest absolute Gasteiger partial charge is 0.407 e. The summed E-state index contributed by atoms with van der Waals surface area (Å²) in [6, 6.07) is 7.44. The minimum absolute atomic E-state index is 0.154. The molecule has 0 heterocycles. The molecule has 1 amide bonds. The molecule has 2 N–H and O–H groups in total. The number of aliphatic hydroxyl groups excluding tert-OH is 1. The molecule has 0 aliphatic rings. The van der Waals surface area contributed by atoms with Crippen LogP contribution in [0.25, 0.3) is 0 Å². The predicted molar refractivity (Wildman–Crippen MR) is 76.9 cm³/mol. The largest absolute Gasteiger partial charge is 0.497 e. The fourth-order valence-corrected chi connectivity index (χ4v) is 1.62. The van der Waals surface area contributed by atoms with Crippen LogP contribution < -0.4 is 10.1 Å². The molecule has 0 unspecified atom stereocenters. The lowest BCUT2D eigenvalue weighted by Crippen LogP contribution is -2.37. The Morgan fingerprint density at radius 2 is 1.90 bits per heavy atom. The maximum Gasteiger partial charge on any atom is 0.407 e. The Bertz CT molecular complexity index is 422. The minimum Gasteiger partial charge on any atom is -0.497 e. The monoisotopic (exact) mass is 281 g/mol. The first-order valence-corrected chi connectivity index (χ1v) is 6.58. The van der Waals surface area contributed by atoms with Crippen molar-refractivity contribution in [2.75, 3.05) is 13.7 Å². The van der Waals surface area contributed by atoms with Gasteiger partial charge in [0, 0.05) is 13.0 Å². The van der Waals surface area contributed by atoms with Gasteiger partial charge in [0.25, 0.3) is 0 Å². The lowest BCUT2D eigenvalue weighted by Gasteiger charge is -2.20. The Labute approximate surface area is 119 Å². The molecule has 20 heavy (non-hydrogen) atoms. The van der Waals surface area contributed by atoms with Gasteiger partial charge in [-0.1, -0.05) is 12.1 Å². The highest BCUT2D eigenvalue weighted by molar-refractivity contribution is 5.67. The molecule has 1 aromatic rings. The lowest BCUT2D eigenvalue weighted by atomic mass is 10.1. The highest BCUT2D eigenvalue weighted by atomic mass is 16.6. The van der Waals surface area contributed by atoms with Crippen LogP contribution in [0, 0.1) is 0 Å². The molecule has 0 bridgehead atoms. The summed E-state index contributed by atoms with van der Waals surface area (Å²) in [5.74, 6) is 0.773. The molecule has 0 aromatic heterocycles. The van der Waals surface area contributed by atoms with Crippen molar-refractivity contribution in [3.63, 3.8) is 0 Å². The van der Waals surface area contributed by atoms with Crippen LogP contribution in [0.2, 0.25) is 0 Å². The average Bonchev–Trinajstić information content (AvgIpc) is 2.35. The molecule has 0 aliphatic carbocycles. The van der Waals surface area contributed by atoms with Crippen LogP contribution in [0.1, 0.15) is 26.3 Å². The number of amides is 1. The fraction of sp³-hybridized carbons (Fsp3) is 0.533. The first-order chi connectivity index (χ1) is 9.30. The first-order valence-electron chi connectivity index (χ1n) is 6.58. The van der Waals surface area contributed by atoms with Gasteiger partial charge in [0.05, 0.1) is 13.2 Å².